The number of carbonyl (C=O) groups excluding carboxylic acids is 1. The number of hydrogen-bond acceptors (Lipinski definition) is 6. The second-order valence-corrected chi connectivity index (χ2v) is 7.85. The fraction of sp³-hybridized carbons (Fsp3) is 0.600. The Morgan fingerprint density at radius 2 is 1.96 bits per heavy atom. The van der Waals surface area contributed by atoms with E-state index < -0.39 is 18.3 Å². The summed E-state index contributed by atoms with van der Waals surface area (Å²) in [4.78, 5) is 11.4. The maximum absolute atomic E-state index is 11.4. The van der Waals surface area contributed by atoms with Gasteiger partial charge in [-0.3, -0.25) is 9.48 Å². The summed E-state index contributed by atoms with van der Waals surface area (Å²) in [6.07, 6.45) is 3.60. The van der Waals surface area contributed by atoms with Gasteiger partial charge in [0.05, 0.1) is 17.4 Å². The lowest BCUT2D eigenvalue weighted by Crippen LogP contribution is -2.41. The van der Waals surface area contributed by atoms with Gasteiger partial charge in [0.15, 0.2) is 5.12 Å². The highest BCUT2D eigenvalue weighted by Crippen LogP contribution is 2.39. The molecule has 0 aromatic carbocycles. The molecular formula is C15H24BN3O3S. The molecule has 1 aromatic rings. The lowest BCUT2D eigenvalue weighted by Gasteiger charge is -2.32. The Balaban J connectivity index is 2.32. The summed E-state index contributed by atoms with van der Waals surface area (Å²) in [7, 11) is 1.28. The van der Waals surface area contributed by atoms with Crippen LogP contribution in [0.25, 0.3) is 6.08 Å². The molecule has 0 bridgehead atoms. The Morgan fingerprint density at radius 3 is 2.39 bits per heavy atom. The van der Waals surface area contributed by atoms with E-state index in [-0.39, 0.29) is 5.12 Å². The number of carbonyl (C=O) groups is 1. The third-order valence-corrected chi connectivity index (χ3v) is 5.24. The average Bonchev–Trinajstić information content (AvgIpc) is 2.83. The van der Waals surface area contributed by atoms with E-state index >= 15 is 0 Å². The molecule has 0 atom stereocenters. The van der Waals surface area contributed by atoms with E-state index in [1.54, 1.807) is 24.9 Å². The number of aromatic nitrogens is 2. The molecule has 2 heterocycles. The van der Waals surface area contributed by atoms with Crippen LogP contribution in [0.5, 0.6) is 0 Å². The smallest absolute Gasteiger partial charge is 0.400 e. The van der Waals surface area contributed by atoms with Crippen LogP contribution in [0.1, 0.15) is 40.2 Å². The SMILES string of the molecule is CC(=O)SCC(=Cc1cnn(C)c1N)B1OC(C)(C)C(C)(C)O1. The molecule has 23 heavy (non-hydrogen) atoms. The first-order valence-electron chi connectivity index (χ1n) is 7.50. The molecule has 1 aliphatic rings. The fourth-order valence-corrected chi connectivity index (χ4v) is 2.72. The van der Waals surface area contributed by atoms with E-state index in [2.05, 4.69) is 5.10 Å². The Labute approximate surface area is 141 Å². The Hall–Kier alpha value is -1.25. The third kappa shape index (κ3) is 3.81. The predicted molar refractivity (Wildman–Crippen MR) is 94.8 cm³/mol. The van der Waals surface area contributed by atoms with Crippen LogP contribution in [0.3, 0.4) is 0 Å². The topological polar surface area (TPSA) is 79.4 Å². The summed E-state index contributed by atoms with van der Waals surface area (Å²) in [6.45, 7) is 9.55. The van der Waals surface area contributed by atoms with E-state index in [1.165, 1.54) is 11.8 Å². The van der Waals surface area contributed by atoms with Crippen molar-refractivity contribution in [3.63, 3.8) is 0 Å². The van der Waals surface area contributed by atoms with Gasteiger partial charge in [-0.15, -0.1) is 0 Å². The summed E-state index contributed by atoms with van der Waals surface area (Å²) in [5.41, 5.74) is 6.81. The maximum atomic E-state index is 11.4. The number of aryl methyl sites for hydroxylation is 1. The van der Waals surface area contributed by atoms with Gasteiger partial charge in [0, 0.05) is 25.3 Å². The highest BCUT2D eigenvalue weighted by molar-refractivity contribution is 8.13. The van der Waals surface area contributed by atoms with Crippen molar-refractivity contribution in [1.29, 1.82) is 0 Å². The minimum atomic E-state index is -0.508. The van der Waals surface area contributed by atoms with Gasteiger partial charge in [0.25, 0.3) is 0 Å². The van der Waals surface area contributed by atoms with Gasteiger partial charge in [-0.2, -0.15) is 5.10 Å². The normalized spacial score (nSPS) is 20.1. The Morgan fingerprint density at radius 1 is 1.39 bits per heavy atom. The van der Waals surface area contributed by atoms with Crippen LogP contribution >= 0.6 is 11.8 Å². The van der Waals surface area contributed by atoms with E-state index in [4.69, 9.17) is 15.0 Å². The largest absolute Gasteiger partial charge is 0.491 e. The van der Waals surface area contributed by atoms with Crippen LogP contribution in [0.4, 0.5) is 5.82 Å². The number of hydrogen-bond donors (Lipinski definition) is 1. The number of thioether (sulfide) groups is 1. The fourth-order valence-electron chi connectivity index (χ4n) is 2.13. The highest BCUT2D eigenvalue weighted by Gasteiger charge is 2.52. The van der Waals surface area contributed by atoms with Gasteiger partial charge in [-0.25, -0.2) is 0 Å². The lowest BCUT2D eigenvalue weighted by atomic mass is 9.78. The third-order valence-electron chi connectivity index (χ3n) is 4.35. The van der Waals surface area contributed by atoms with Crippen molar-refractivity contribution in [2.75, 3.05) is 11.5 Å². The van der Waals surface area contributed by atoms with Crippen molar-refractivity contribution in [3.05, 3.63) is 17.2 Å². The molecule has 0 saturated carbocycles. The first-order chi connectivity index (χ1) is 10.5. The van der Waals surface area contributed by atoms with Crippen molar-refractivity contribution < 1.29 is 14.1 Å². The number of nitrogen functional groups attached to an aromatic ring is 1. The quantitative estimate of drug-likeness (QED) is 0.850. The molecule has 2 N–H and O–H groups in total. The highest BCUT2D eigenvalue weighted by atomic mass is 32.2. The summed E-state index contributed by atoms with van der Waals surface area (Å²) in [5.74, 6) is 1.05. The van der Waals surface area contributed by atoms with Crippen LogP contribution in [0.15, 0.2) is 11.7 Å². The van der Waals surface area contributed by atoms with Crippen molar-refractivity contribution in [2.24, 2.45) is 7.05 Å². The van der Waals surface area contributed by atoms with E-state index in [0.29, 0.717) is 11.6 Å². The summed E-state index contributed by atoms with van der Waals surface area (Å²) >= 11 is 1.22. The molecule has 1 fully saturated rings. The van der Waals surface area contributed by atoms with Crippen molar-refractivity contribution in [2.45, 2.75) is 45.8 Å². The molecule has 1 aliphatic heterocycles. The van der Waals surface area contributed by atoms with Crippen LogP contribution in [0.2, 0.25) is 0 Å². The van der Waals surface area contributed by atoms with Crippen molar-refractivity contribution >= 4 is 35.9 Å². The zero-order valence-electron chi connectivity index (χ0n) is 14.5. The molecule has 0 aliphatic carbocycles. The summed E-state index contributed by atoms with van der Waals surface area (Å²) in [5, 5.41) is 4.19. The molecule has 2 rings (SSSR count). The number of nitrogens with zero attached hydrogens (tertiary/aromatic N) is 2. The van der Waals surface area contributed by atoms with Gasteiger partial charge in [-0.05, 0) is 33.2 Å². The second kappa shape index (κ2) is 6.34. The van der Waals surface area contributed by atoms with Gasteiger partial charge < -0.3 is 15.0 Å². The molecule has 1 aromatic heterocycles. The molecule has 0 radical (unpaired) electrons. The summed E-state index contributed by atoms with van der Waals surface area (Å²) < 4.78 is 13.8. The molecule has 0 unspecified atom stereocenters. The summed E-state index contributed by atoms with van der Waals surface area (Å²) in [6, 6.07) is 0. The van der Waals surface area contributed by atoms with E-state index in [0.717, 1.165) is 11.0 Å². The van der Waals surface area contributed by atoms with Crippen molar-refractivity contribution in [1.82, 2.24) is 9.78 Å². The average molecular weight is 337 g/mol. The van der Waals surface area contributed by atoms with Gasteiger partial charge in [0.1, 0.15) is 5.82 Å². The zero-order chi connectivity index (χ0) is 17.4. The van der Waals surface area contributed by atoms with Crippen LogP contribution < -0.4 is 5.73 Å². The van der Waals surface area contributed by atoms with Crippen molar-refractivity contribution in [3.8, 4) is 0 Å². The standard InChI is InChI=1S/C15H24BN3O3S/c1-10(20)23-9-12(7-11-8-18-19(6)13(11)17)16-21-14(2,3)15(4,5)22-16/h7-8H,9,17H2,1-6H3. The van der Waals surface area contributed by atoms with Crippen LogP contribution in [-0.4, -0.2) is 39.0 Å². The molecular weight excluding hydrogens is 313 g/mol. The van der Waals surface area contributed by atoms with Gasteiger partial charge >= 0.3 is 7.12 Å². The number of rotatable bonds is 4. The van der Waals surface area contributed by atoms with Crippen LogP contribution in [0, 0.1) is 0 Å². The van der Waals surface area contributed by atoms with E-state index in [9.17, 15) is 4.79 Å². The van der Waals surface area contributed by atoms with E-state index in [1.807, 2.05) is 33.8 Å². The second-order valence-electron chi connectivity index (χ2n) is 6.70. The maximum Gasteiger partial charge on any atom is 0.491 e. The van der Waals surface area contributed by atoms with Gasteiger partial charge in [-0.1, -0.05) is 17.8 Å². The Kier molecular flexibility index (Phi) is 4.99. The number of anilines is 1. The number of nitrogens with two attached hydrogens (primary N) is 1. The molecule has 126 valence electrons. The molecule has 1 saturated heterocycles. The lowest BCUT2D eigenvalue weighted by molar-refractivity contribution is -0.109. The Bertz CT molecular complexity index is 624. The predicted octanol–water partition coefficient (Wildman–Crippen LogP) is 2.30. The molecule has 8 heteroatoms. The molecule has 6 nitrogen and oxygen atoms in total. The first-order valence-corrected chi connectivity index (χ1v) is 8.49. The minimum absolute atomic E-state index is 0.0478. The monoisotopic (exact) mass is 337 g/mol. The van der Waals surface area contributed by atoms with Gasteiger partial charge in [0.2, 0.25) is 0 Å². The zero-order valence-corrected chi connectivity index (χ0v) is 15.4. The molecule has 0 amide bonds. The van der Waals surface area contributed by atoms with Crippen LogP contribution in [-0.2, 0) is 21.2 Å². The molecule has 0 spiro atoms. The minimum Gasteiger partial charge on any atom is -0.400 e. The first kappa shape index (κ1) is 18.1.